The summed E-state index contributed by atoms with van der Waals surface area (Å²) in [4.78, 5) is 47.1. The highest BCUT2D eigenvalue weighted by molar-refractivity contribution is 6.31. The van der Waals surface area contributed by atoms with Crippen molar-refractivity contribution in [1.82, 2.24) is 53.4 Å². The SMILES string of the molecule is CCn1ncn(-c2cc(C3CC3)cn3cc(Cn4cc(C(=O)NCc5ncn6ccc(Cl)c(F)c56)nn4)nc23)c(=O)c1=O. The Morgan fingerprint density at radius 3 is 2.77 bits per heavy atom. The van der Waals surface area contributed by atoms with E-state index in [0.29, 0.717) is 28.6 Å². The quantitative estimate of drug-likeness (QED) is 0.259. The lowest BCUT2D eigenvalue weighted by Crippen LogP contribution is -2.41. The van der Waals surface area contributed by atoms with Crippen LogP contribution in [0.15, 0.2) is 59.2 Å². The van der Waals surface area contributed by atoms with Crippen LogP contribution in [0, 0.1) is 5.82 Å². The molecule has 218 valence electrons. The molecule has 1 fully saturated rings. The van der Waals surface area contributed by atoms with E-state index in [2.05, 4.69) is 25.7 Å². The van der Waals surface area contributed by atoms with Crippen molar-refractivity contribution in [1.29, 1.82) is 0 Å². The lowest BCUT2D eigenvalue weighted by Gasteiger charge is -2.10. The number of hydrogen-bond donors (Lipinski definition) is 1. The predicted molar refractivity (Wildman–Crippen MR) is 151 cm³/mol. The van der Waals surface area contributed by atoms with Crippen molar-refractivity contribution in [3.8, 4) is 5.69 Å². The fourth-order valence-electron chi connectivity index (χ4n) is 4.99. The Labute approximate surface area is 246 Å². The van der Waals surface area contributed by atoms with Crippen LogP contribution in [0.4, 0.5) is 4.39 Å². The maximum atomic E-state index is 14.5. The van der Waals surface area contributed by atoms with E-state index in [9.17, 15) is 18.8 Å². The smallest absolute Gasteiger partial charge is 0.332 e. The molecule has 14 nitrogen and oxygen atoms in total. The average molecular weight is 604 g/mol. The van der Waals surface area contributed by atoms with Gasteiger partial charge in [0.2, 0.25) is 0 Å². The Morgan fingerprint density at radius 1 is 1.14 bits per heavy atom. The molecule has 1 amide bonds. The van der Waals surface area contributed by atoms with Gasteiger partial charge in [-0.05, 0) is 43.4 Å². The van der Waals surface area contributed by atoms with Gasteiger partial charge in [-0.3, -0.25) is 19.0 Å². The Bertz CT molecular complexity index is 2170. The van der Waals surface area contributed by atoms with Crippen LogP contribution in [0.1, 0.15) is 53.1 Å². The third kappa shape index (κ3) is 4.76. The van der Waals surface area contributed by atoms with E-state index in [1.807, 2.05) is 16.7 Å². The fourth-order valence-corrected chi connectivity index (χ4v) is 5.14. The van der Waals surface area contributed by atoms with Gasteiger partial charge in [-0.15, -0.1) is 5.10 Å². The molecule has 0 bridgehead atoms. The summed E-state index contributed by atoms with van der Waals surface area (Å²) in [5.74, 6) is -0.767. The van der Waals surface area contributed by atoms with E-state index in [1.54, 1.807) is 19.3 Å². The molecule has 0 atom stereocenters. The first kappa shape index (κ1) is 26.7. The zero-order chi connectivity index (χ0) is 29.8. The molecule has 1 N–H and O–H groups in total. The standard InChI is InChI=1S/C27H23ClFN11O3/c1-2-40-27(43)26(42)39(14-32-40)21-7-16(15-3-4-15)9-37-10-17(33-24(21)37)11-38-12-20(34-35-38)25(41)30-8-19-23-22(29)18(28)5-6-36(23)13-31-19/h5-7,9-10,12-15H,2-4,8,11H2,1H3,(H,30,41). The molecular weight excluding hydrogens is 581 g/mol. The minimum absolute atomic E-state index is 0.0429. The number of amides is 1. The molecule has 6 heterocycles. The molecule has 0 aromatic carbocycles. The molecule has 0 aliphatic heterocycles. The molecule has 6 aromatic heterocycles. The molecule has 1 saturated carbocycles. The topological polar surface area (TPSA) is 151 Å². The largest absolute Gasteiger partial charge is 0.345 e. The number of pyridine rings is 2. The van der Waals surface area contributed by atoms with Crippen LogP contribution >= 0.6 is 11.6 Å². The Kier molecular flexibility index (Phi) is 6.38. The number of fused-ring (bicyclic) bond motifs is 2. The van der Waals surface area contributed by atoms with E-state index < -0.39 is 22.8 Å². The zero-order valence-electron chi connectivity index (χ0n) is 22.7. The first-order valence-electron chi connectivity index (χ1n) is 13.5. The van der Waals surface area contributed by atoms with Gasteiger partial charge in [0.15, 0.2) is 17.2 Å². The summed E-state index contributed by atoms with van der Waals surface area (Å²) in [5, 5.41) is 14.8. The van der Waals surface area contributed by atoms with Crippen molar-refractivity contribution >= 4 is 28.7 Å². The van der Waals surface area contributed by atoms with Gasteiger partial charge in [-0.25, -0.2) is 23.7 Å². The van der Waals surface area contributed by atoms with Crippen LogP contribution in [-0.4, -0.2) is 54.0 Å². The number of carbonyl (C=O) groups excluding carboxylic acids is 1. The zero-order valence-corrected chi connectivity index (χ0v) is 23.4. The summed E-state index contributed by atoms with van der Waals surface area (Å²) in [5.41, 5.74) is 1.66. The number of nitrogens with one attached hydrogen (secondary N) is 1. The monoisotopic (exact) mass is 603 g/mol. The van der Waals surface area contributed by atoms with E-state index in [1.165, 1.54) is 38.6 Å². The van der Waals surface area contributed by atoms with Crippen molar-refractivity contribution < 1.29 is 9.18 Å². The van der Waals surface area contributed by atoms with Crippen molar-refractivity contribution in [2.75, 3.05) is 0 Å². The van der Waals surface area contributed by atoms with Crippen LogP contribution in [0.3, 0.4) is 0 Å². The van der Waals surface area contributed by atoms with Crippen LogP contribution in [0.2, 0.25) is 5.02 Å². The van der Waals surface area contributed by atoms with Gasteiger partial charge in [0.05, 0.1) is 47.7 Å². The molecule has 16 heteroatoms. The highest BCUT2D eigenvalue weighted by Crippen LogP contribution is 2.41. The average Bonchev–Trinajstić information content (AvgIpc) is 3.40. The fraction of sp³-hybridized carbons (Fsp3) is 0.259. The number of aryl methyl sites for hydroxylation is 1. The Morgan fingerprint density at radius 2 is 1.98 bits per heavy atom. The molecule has 0 unspecified atom stereocenters. The second kappa shape index (κ2) is 10.3. The normalized spacial score (nSPS) is 13.3. The number of nitrogens with zero attached hydrogens (tertiary/aromatic N) is 10. The van der Waals surface area contributed by atoms with E-state index in [-0.39, 0.29) is 35.9 Å². The molecular formula is C27H23ClFN11O3. The van der Waals surface area contributed by atoms with Gasteiger partial charge >= 0.3 is 11.1 Å². The van der Waals surface area contributed by atoms with Crippen molar-refractivity contribution in [2.45, 2.75) is 45.3 Å². The maximum absolute atomic E-state index is 14.5. The Balaban J connectivity index is 1.14. The number of rotatable bonds is 8. The van der Waals surface area contributed by atoms with Crippen molar-refractivity contribution in [3.63, 3.8) is 0 Å². The molecule has 0 radical (unpaired) electrons. The first-order chi connectivity index (χ1) is 20.8. The first-order valence-corrected chi connectivity index (χ1v) is 13.9. The van der Waals surface area contributed by atoms with E-state index >= 15 is 0 Å². The number of aromatic nitrogens is 10. The Hall–Kier alpha value is -5.18. The number of hydrogen-bond acceptors (Lipinski definition) is 8. The van der Waals surface area contributed by atoms with Crippen LogP contribution in [-0.2, 0) is 19.6 Å². The molecule has 6 aromatic rings. The minimum atomic E-state index is -0.713. The van der Waals surface area contributed by atoms with Crippen molar-refractivity contribution in [3.05, 3.63) is 104 Å². The lowest BCUT2D eigenvalue weighted by atomic mass is 10.2. The van der Waals surface area contributed by atoms with E-state index in [0.717, 1.165) is 23.1 Å². The summed E-state index contributed by atoms with van der Waals surface area (Å²) in [6.45, 7) is 2.16. The highest BCUT2D eigenvalue weighted by atomic mass is 35.5. The second-order valence-corrected chi connectivity index (χ2v) is 10.6. The third-order valence-electron chi connectivity index (χ3n) is 7.33. The molecule has 0 saturated heterocycles. The van der Waals surface area contributed by atoms with Gasteiger partial charge in [0, 0.05) is 25.1 Å². The summed E-state index contributed by atoms with van der Waals surface area (Å²) in [6, 6.07) is 3.30. The van der Waals surface area contributed by atoms with E-state index in [4.69, 9.17) is 16.6 Å². The van der Waals surface area contributed by atoms with Crippen LogP contribution in [0.25, 0.3) is 16.9 Å². The second-order valence-electron chi connectivity index (χ2n) is 10.2. The third-order valence-corrected chi connectivity index (χ3v) is 7.63. The summed E-state index contributed by atoms with van der Waals surface area (Å²) < 4.78 is 21.6. The maximum Gasteiger partial charge on any atom is 0.332 e. The number of imidazole rings is 2. The predicted octanol–water partition coefficient (Wildman–Crippen LogP) is 1.95. The molecule has 7 rings (SSSR count). The van der Waals surface area contributed by atoms with Gasteiger partial charge < -0.3 is 14.1 Å². The number of carbonyl (C=O) groups is 1. The summed E-state index contributed by atoms with van der Waals surface area (Å²) in [7, 11) is 0. The molecule has 43 heavy (non-hydrogen) atoms. The lowest BCUT2D eigenvalue weighted by molar-refractivity contribution is 0.0945. The van der Waals surface area contributed by atoms with Gasteiger partial charge in [0.25, 0.3) is 5.91 Å². The van der Waals surface area contributed by atoms with Gasteiger partial charge in [-0.1, -0.05) is 16.8 Å². The molecule has 1 aliphatic carbocycles. The molecule has 0 spiro atoms. The summed E-state index contributed by atoms with van der Waals surface area (Å²) >= 11 is 5.90. The van der Waals surface area contributed by atoms with Crippen LogP contribution < -0.4 is 16.4 Å². The van der Waals surface area contributed by atoms with Crippen LogP contribution in [0.5, 0.6) is 0 Å². The number of halogens is 2. The summed E-state index contributed by atoms with van der Waals surface area (Å²) in [6.07, 6.45) is 11.7. The van der Waals surface area contributed by atoms with Gasteiger partial charge in [0.1, 0.15) is 11.8 Å². The van der Waals surface area contributed by atoms with Gasteiger partial charge in [-0.2, -0.15) is 5.10 Å². The van der Waals surface area contributed by atoms with Crippen molar-refractivity contribution in [2.24, 2.45) is 0 Å². The highest BCUT2D eigenvalue weighted by Gasteiger charge is 2.26. The minimum Gasteiger partial charge on any atom is -0.345 e. The molecule has 1 aliphatic rings.